The van der Waals surface area contributed by atoms with Crippen LogP contribution >= 0.6 is 11.6 Å². The summed E-state index contributed by atoms with van der Waals surface area (Å²) in [5.74, 6) is 0.195. The number of carbonyl (C=O) groups is 1. The molecule has 22 heavy (non-hydrogen) atoms. The van der Waals surface area contributed by atoms with E-state index < -0.39 is 11.1 Å². The Morgan fingerprint density at radius 2 is 2.00 bits per heavy atom. The molecule has 0 unspecified atom stereocenters. The zero-order valence-corrected chi connectivity index (χ0v) is 12.1. The average molecular weight is 321 g/mol. The van der Waals surface area contributed by atoms with Crippen LogP contribution in [0, 0.1) is 16.2 Å². The number of carbonyl (C=O) groups excluding carboxylic acids is 1. The average Bonchev–Trinajstić information content (AvgIpc) is 2.50. The Morgan fingerprint density at radius 1 is 1.27 bits per heavy atom. The predicted molar refractivity (Wildman–Crippen MR) is 79.1 cm³/mol. The van der Waals surface area contributed by atoms with Crippen LogP contribution in [0.2, 0.25) is 5.02 Å². The van der Waals surface area contributed by atoms with Crippen LogP contribution in [-0.4, -0.2) is 17.7 Å². The van der Waals surface area contributed by atoms with Crippen LogP contribution in [-0.2, 0) is 11.2 Å². The Labute approximate surface area is 131 Å². The molecule has 0 aliphatic carbocycles. The molecule has 0 amide bonds. The molecule has 0 fully saturated rings. The van der Waals surface area contributed by atoms with Crippen molar-refractivity contribution in [3.8, 4) is 5.75 Å². The van der Waals surface area contributed by atoms with Gasteiger partial charge in [-0.3, -0.25) is 10.1 Å². The molecule has 0 saturated heterocycles. The van der Waals surface area contributed by atoms with Crippen molar-refractivity contribution < 1.29 is 19.2 Å². The number of rotatable bonds is 5. The standard InChI is InChI=1S/C15H11ClNO5/c16-13-3-1-2-4-14(13)22-15(18)21-10-9-11-5-7-12(8-6-11)17(19)20/h2-8H,9-10H2. The monoisotopic (exact) mass is 320 g/mol. The molecule has 0 saturated carbocycles. The Bertz CT molecular complexity index is 672. The van der Waals surface area contributed by atoms with Gasteiger partial charge in [0.25, 0.3) is 5.69 Å². The molecule has 0 heterocycles. The Morgan fingerprint density at radius 3 is 2.64 bits per heavy atom. The van der Waals surface area contributed by atoms with E-state index in [1.165, 1.54) is 24.3 Å². The van der Waals surface area contributed by atoms with Gasteiger partial charge in [0.05, 0.1) is 16.6 Å². The second-order valence-corrected chi connectivity index (χ2v) is 4.64. The first-order valence-electron chi connectivity index (χ1n) is 6.30. The molecule has 6 nitrogen and oxygen atoms in total. The van der Waals surface area contributed by atoms with Gasteiger partial charge in [0.1, 0.15) is 0 Å². The van der Waals surface area contributed by atoms with Crippen molar-refractivity contribution in [2.45, 2.75) is 6.42 Å². The zero-order valence-electron chi connectivity index (χ0n) is 11.3. The highest BCUT2D eigenvalue weighted by molar-refractivity contribution is 6.32. The van der Waals surface area contributed by atoms with Crippen molar-refractivity contribution in [1.82, 2.24) is 0 Å². The van der Waals surface area contributed by atoms with Gasteiger partial charge in [0.2, 0.25) is 0 Å². The van der Waals surface area contributed by atoms with Crippen LogP contribution in [0.4, 0.5) is 10.5 Å². The lowest BCUT2D eigenvalue weighted by Crippen LogP contribution is -2.12. The van der Waals surface area contributed by atoms with Crippen LogP contribution in [0.15, 0.2) is 42.5 Å². The van der Waals surface area contributed by atoms with E-state index in [-0.39, 0.29) is 23.1 Å². The summed E-state index contributed by atoms with van der Waals surface area (Å²) >= 11 is 5.82. The third-order valence-electron chi connectivity index (χ3n) is 2.73. The first-order valence-corrected chi connectivity index (χ1v) is 6.67. The minimum absolute atomic E-state index is 0.0135. The lowest BCUT2D eigenvalue weighted by atomic mass is 10.1. The molecular weight excluding hydrogens is 310 g/mol. The van der Waals surface area contributed by atoms with Crippen molar-refractivity contribution in [2.75, 3.05) is 6.61 Å². The number of ether oxygens (including phenoxy) is 2. The summed E-state index contributed by atoms with van der Waals surface area (Å²) in [6.45, 7) is 0.0905. The summed E-state index contributed by atoms with van der Waals surface area (Å²) in [5, 5.41) is 10.8. The van der Waals surface area contributed by atoms with Crippen molar-refractivity contribution in [2.24, 2.45) is 0 Å². The van der Waals surface area contributed by atoms with E-state index in [1.807, 2.05) is 0 Å². The van der Waals surface area contributed by atoms with Gasteiger partial charge in [-0.15, -0.1) is 0 Å². The van der Waals surface area contributed by atoms with Gasteiger partial charge in [-0.2, -0.15) is 0 Å². The lowest BCUT2D eigenvalue weighted by molar-refractivity contribution is -0.384. The summed E-state index contributed by atoms with van der Waals surface area (Å²) in [5.41, 5.74) is 0.824. The number of hydrogen-bond donors (Lipinski definition) is 0. The quantitative estimate of drug-likeness (QED) is 0.362. The van der Waals surface area contributed by atoms with Gasteiger partial charge in [0.15, 0.2) is 5.75 Å². The van der Waals surface area contributed by atoms with E-state index in [0.717, 1.165) is 5.56 Å². The van der Waals surface area contributed by atoms with Gasteiger partial charge in [-0.25, -0.2) is 4.79 Å². The van der Waals surface area contributed by atoms with E-state index >= 15 is 0 Å². The fourth-order valence-electron chi connectivity index (χ4n) is 1.63. The number of non-ortho nitro benzene ring substituents is 1. The van der Waals surface area contributed by atoms with Gasteiger partial charge in [-0.1, -0.05) is 29.8 Å². The van der Waals surface area contributed by atoms with Crippen molar-refractivity contribution in [1.29, 1.82) is 0 Å². The molecule has 0 aromatic heterocycles. The second kappa shape index (κ2) is 7.42. The molecule has 2 aromatic rings. The first kappa shape index (κ1) is 15.8. The Kier molecular flexibility index (Phi) is 5.32. The number of halogens is 1. The number of nitrogens with zero attached hydrogens (tertiary/aromatic N) is 1. The highest BCUT2D eigenvalue weighted by atomic mass is 35.5. The molecule has 113 valence electrons. The molecule has 0 atom stereocenters. The van der Waals surface area contributed by atoms with E-state index in [9.17, 15) is 14.9 Å². The number of nitro groups is 1. The highest BCUT2D eigenvalue weighted by Crippen LogP contribution is 2.23. The van der Waals surface area contributed by atoms with Crippen LogP contribution in [0.5, 0.6) is 5.75 Å². The van der Waals surface area contributed by atoms with Gasteiger partial charge in [-0.05, 0) is 23.8 Å². The number of hydrogen-bond acceptors (Lipinski definition) is 5. The fourth-order valence-corrected chi connectivity index (χ4v) is 1.80. The van der Waals surface area contributed by atoms with E-state index in [4.69, 9.17) is 21.1 Å². The summed E-state index contributed by atoms with van der Waals surface area (Å²) in [7, 11) is 0. The third kappa shape index (κ3) is 4.46. The van der Waals surface area contributed by atoms with Crippen molar-refractivity contribution in [3.63, 3.8) is 0 Å². The van der Waals surface area contributed by atoms with E-state index in [0.29, 0.717) is 6.42 Å². The molecule has 0 spiro atoms. The maximum Gasteiger partial charge on any atom is 0.513 e. The lowest BCUT2D eigenvalue weighted by Gasteiger charge is -2.07. The van der Waals surface area contributed by atoms with Gasteiger partial charge < -0.3 is 9.47 Å². The fraction of sp³-hybridized carbons (Fsp3) is 0.133. The third-order valence-corrected chi connectivity index (χ3v) is 3.02. The molecule has 0 aliphatic heterocycles. The zero-order chi connectivity index (χ0) is 15.9. The largest absolute Gasteiger partial charge is 0.513 e. The summed E-state index contributed by atoms with van der Waals surface area (Å²) < 4.78 is 9.85. The smallest absolute Gasteiger partial charge is 0.434 e. The molecule has 0 aliphatic rings. The summed E-state index contributed by atoms with van der Waals surface area (Å²) in [4.78, 5) is 21.5. The summed E-state index contributed by atoms with van der Waals surface area (Å²) in [6.07, 6.45) is -0.446. The van der Waals surface area contributed by atoms with Crippen molar-refractivity contribution in [3.05, 3.63) is 69.2 Å². The first-order chi connectivity index (χ1) is 10.6. The SMILES string of the molecule is O=C(OCCc1ccc([N+](=O)[O-])cc1)Oc1cc[c]cc1Cl. The molecule has 7 heteroatoms. The maximum absolute atomic E-state index is 11.5. The highest BCUT2D eigenvalue weighted by Gasteiger charge is 2.09. The molecule has 0 bridgehead atoms. The molecule has 2 aromatic carbocycles. The minimum atomic E-state index is -0.866. The predicted octanol–water partition coefficient (Wildman–Crippen LogP) is 3.81. The minimum Gasteiger partial charge on any atom is -0.434 e. The van der Waals surface area contributed by atoms with Gasteiger partial charge >= 0.3 is 6.16 Å². The van der Waals surface area contributed by atoms with E-state index in [1.54, 1.807) is 18.2 Å². The molecule has 1 radical (unpaired) electrons. The van der Waals surface area contributed by atoms with Crippen molar-refractivity contribution >= 4 is 23.4 Å². The normalized spacial score (nSPS) is 10.0. The Hall–Kier alpha value is -2.60. The second-order valence-electron chi connectivity index (χ2n) is 4.23. The van der Waals surface area contributed by atoms with Crippen LogP contribution in [0.1, 0.15) is 5.56 Å². The molecular formula is C15H11ClNO5. The van der Waals surface area contributed by atoms with E-state index in [2.05, 4.69) is 6.07 Å². The number of nitro benzene ring substituents is 1. The van der Waals surface area contributed by atoms with Crippen LogP contribution in [0.3, 0.4) is 0 Å². The van der Waals surface area contributed by atoms with Crippen LogP contribution < -0.4 is 4.74 Å². The topological polar surface area (TPSA) is 78.7 Å². The summed E-state index contributed by atoms with van der Waals surface area (Å²) in [6, 6.07) is 13.3. The van der Waals surface area contributed by atoms with Gasteiger partial charge in [0, 0.05) is 18.6 Å². The molecule has 2 rings (SSSR count). The van der Waals surface area contributed by atoms with Crippen LogP contribution in [0.25, 0.3) is 0 Å². The molecule has 0 N–H and O–H groups in total. The number of benzene rings is 2. The maximum atomic E-state index is 11.5. The Balaban J connectivity index is 1.79.